The predicted octanol–water partition coefficient (Wildman–Crippen LogP) is 4.18. The number of benzene rings is 1. The van der Waals surface area contributed by atoms with E-state index in [0.29, 0.717) is 5.84 Å². The molecule has 96 valence electrons. The van der Waals surface area contributed by atoms with E-state index < -0.39 is 0 Å². The Balaban J connectivity index is 2.25. The van der Waals surface area contributed by atoms with Crippen molar-refractivity contribution >= 4 is 39.6 Å². The summed E-state index contributed by atoms with van der Waals surface area (Å²) in [6.07, 6.45) is 4.12. The Kier molecular flexibility index (Phi) is 2.87. The van der Waals surface area contributed by atoms with Crippen LogP contribution in [-0.2, 0) is 0 Å². The van der Waals surface area contributed by atoms with Crippen LogP contribution >= 0.6 is 11.3 Å². The van der Waals surface area contributed by atoms with Crippen molar-refractivity contribution in [3.8, 4) is 0 Å². The van der Waals surface area contributed by atoms with Gasteiger partial charge in [0.05, 0.1) is 16.9 Å². The van der Waals surface area contributed by atoms with Gasteiger partial charge >= 0.3 is 0 Å². The van der Waals surface area contributed by atoms with Gasteiger partial charge in [-0.05, 0) is 26.0 Å². The number of aliphatic imine (C=N–C) groups is 1. The van der Waals surface area contributed by atoms with E-state index in [1.807, 2.05) is 37.3 Å². The second kappa shape index (κ2) is 4.55. The summed E-state index contributed by atoms with van der Waals surface area (Å²) in [6.45, 7) is 4.12. The Morgan fingerprint density at radius 1 is 1.32 bits per heavy atom. The van der Waals surface area contributed by atoms with Gasteiger partial charge in [0.15, 0.2) is 0 Å². The number of fused-ring (bicyclic) bond motifs is 2. The first-order valence-electron chi connectivity index (χ1n) is 6.17. The Morgan fingerprint density at radius 2 is 2.11 bits per heavy atom. The maximum atomic E-state index is 6.19. The Bertz CT molecular complexity index is 695. The lowest BCUT2D eigenvalue weighted by Gasteiger charge is -2.04. The SMILES string of the molecule is C/C=C\c1c(C)sc2c1C(N)=Nc1ccccc1N2. The van der Waals surface area contributed by atoms with Gasteiger partial charge < -0.3 is 11.1 Å². The summed E-state index contributed by atoms with van der Waals surface area (Å²) in [4.78, 5) is 5.79. The summed E-state index contributed by atoms with van der Waals surface area (Å²) in [6, 6.07) is 7.95. The smallest absolute Gasteiger partial charge is 0.135 e. The van der Waals surface area contributed by atoms with E-state index >= 15 is 0 Å². The number of rotatable bonds is 1. The molecule has 0 aliphatic carbocycles. The number of aryl methyl sites for hydroxylation is 1. The standard InChI is InChI=1S/C15H15N3S/c1-3-6-10-9(2)19-15-13(10)14(16)17-11-7-4-5-8-12(11)18-15/h3-8,18H,1-2H3,(H2,16,17)/b6-3-. The first kappa shape index (κ1) is 12.0. The molecule has 0 bridgehead atoms. The van der Waals surface area contributed by atoms with Crippen molar-refractivity contribution in [3.05, 3.63) is 46.3 Å². The summed E-state index contributed by atoms with van der Waals surface area (Å²) in [5, 5.41) is 4.51. The fourth-order valence-corrected chi connectivity index (χ4v) is 3.32. The Labute approximate surface area is 116 Å². The zero-order valence-corrected chi connectivity index (χ0v) is 11.7. The third-order valence-corrected chi connectivity index (χ3v) is 4.15. The molecule has 0 unspecified atom stereocenters. The quantitative estimate of drug-likeness (QED) is 0.815. The van der Waals surface area contributed by atoms with Gasteiger partial charge in [-0.3, -0.25) is 0 Å². The normalized spacial score (nSPS) is 13.5. The average Bonchev–Trinajstić information content (AvgIpc) is 2.61. The highest BCUT2D eigenvalue weighted by Crippen LogP contribution is 2.40. The second-order valence-corrected chi connectivity index (χ2v) is 5.64. The van der Waals surface area contributed by atoms with Gasteiger partial charge in [0, 0.05) is 10.4 Å². The molecule has 0 radical (unpaired) electrons. The number of hydrogen-bond acceptors (Lipinski definition) is 4. The summed E-state index contributed by atoms with van der Waals surface area (Å²) in [5.74, 6) is 0.574. The molecule has 0 fully saturated rings. The van der Waals surface area contributed by atoms with Gasteiger partial charge in [-0.2, -0.15) is 0 Å². The van der Waals surface area contributed by atoms with Crippen molar-refractivity contribution < 1.29 is 0 Å². The van der Waals surface area contributed by atoms with E-state index in [1.54, 1.807) is 11.3 Å². The third kappa shape index (κ3) is 1.94. The number of amidine groups is 1. The van der Waals surface area contributed by atoms with Crippen LogP contribution in [0.2, 0.25) is 0 Å². The van der Waals surface area contributed by atoms with Crippen molar-refractivity contribution in [2.45, 2.75) is 13.8 Å². The van der Waals surface area contributed by atoms with Crippen LogP contribution in [-0.4, -0.2) is 5.84 Å². The number of nitrogens with two attached hydrogens (primary N) is 1. The molecule has 3 N–H and O–H groups in total. The number of hydrogen-bond donors (Lipinski definition) is 2. The van der Waals surface area contributed by atoms with Gasteiger partial charge in [-0.25, -0.2) is 4.99 Å². The fourth-order valence-electron chi connectivity index (χ4n) is 2.25. The van der Waals surface area contributed by atoms with Crippen molar-refractivity contribution in [2.24, 2.45) is 10.7 Å². The van der Waals surface area contributed by atoms with Crippen molar-refractivity contribution in [1.82, 2.24) is 0 Å². The lowest BCUT2D eigenvalue weighted by atomic mass is 10.1. The molecule has 4 heteroatoms. The zero-order valence-electron chi connectivity index (χ0n) is 10.9. The number of nitrogens with one attached hydrogen (secondary N) is 1. The Hall–Kier alpha value is -2.07. The summed E-state index contributed by atoms with van der Waals surface area (Å²) < 4.78 is 0. The van der Waals surface area contributed by atoms with Gasteiger partial charge in [0.2, 0.25) is 0 Å². The maximum Gasteiger partial charge on any atom is 0.135 e. The minimum Gasteiger partial charge on any atom is -0.383 e. The molecule has 2 heterocycles. The number of para-hydroxylation sites is 2. The first-order chi connectivity index (χ1) is 9.20. The molecule has 1 aliphatic heterocycles. The lowest BCUT2D eigenvalue weighted by molar-refractivity contribution is 1.47. The van der Waals surface area contributed by atoms with Gasteiger partial charge in [-0.1, -0.05) is 24.3 Å². The topological polar surface area (TPSA) is 50.4 Å². The van der Waals surface area contributed by atoms with Crippen LogP contribution in [0.1, 0.15) is 22.9 Å². The molecule has 0 spiro atoms. The molecule has 1 aromatic heterocycles. The fraction of sp³-hybridized carbons (Fsp3) is 0.133. The highest BCUT2D eigenvalue weighted by Gasteiger charge is 2.20. The van der Waals surface area contributed by atoms with E-state index in [-0.39, 0.29) is 0 Å². The maximum absolute atomic E-state index is 6.19. The van der Waals surface area contributed by atoms with Gasteiger partial charge in [-0.15, -0.1) is 11.3 Å². The zero-order chi connectivity index (χ0) is 13.4. The summed E-state index contributed by atoms with van der Waals surface area (Å²) >= 11 is 1.71. The molecule has 0 saturated carbocycles. The molecule has 3 rings (SSSR count). The lowest BCUT2D eigenvalue weighted by Crippen LogP contribution is -2.13. The largest absolute Gasteiger partial charge is 0.383 e. The first-order valence-corrected chi connectivity index (χ1v) is 6.99. The third-order valence-electron chi connectivity index (χ3n) is 3.11. The molecular formula is C15H15N3S. The molecular weight excluding hydrogens is 254 g/mol. The minimum atomic E-state index is 0.574. The molecule has 19 heavy (non-hydrogen) atoms. The molecule has 1 aromatic carbocycles. The van der Waals surface area contributed by atoms with Crippen LogP contribution in [0.15, 0.2) is 35.3 Å². The summed E-state index contributed by atoms with van der Waals surface area (Å²) in [7, 11) is 0. The molecule has 0 saturated heterocycles. The number of nitrogens with zero attached hydrogens (tertiary/aromatic N) is 1. The number of anilines is 2. The van der Waals surface area contributed by atoms with Gasteiger partial charge in [0.25, 0.3) is 0 Å². The average molecular weight is 269 g/mol. The molecule has 0 atom stereocenters. The minimum absolute atomic E-state index is 0.574. The van der Waals surface area contributed by atoms with Crippen LogP contribution in [0, 0.1) is 6.92 Å². The van der Waals surface area contributed by atoms with E-state index in [9.17, 15) is 0 Å². The molecule has 2 aromatic rings. The number of allylic oxidation sites excluding steroid dienone is 1. The van der Waals surface area contributed by atoms with E-state index in [2.05, 4.69) is 23.3 Å². The van der Waals surface area contributed by atoms with Crippen molar-refractivity contribution in [1.29, 1.82) is 0 Å². The Morgan fingerprint density at radius 3 is 2.89 bits per heavy atom. The van der Waals surface area contributed by atoms with Crippen LogP contribution in [0.5, 0.6) is 0 Å². The van der Waals surface area contributed by atoms with Crippen molar-refractivity contribution in [2.75, 3.05) is 5.32 Å². The number of thiophene rings is 1. The van der Waals surface area contributed by atoms with E-state index in [1.165, 1.54) is 4.88 Å². The van der Waals surface area contributed by atoms with Crippen LogP contribution < -0.4 is 11.1 Å². The van der Waals surface area contributed by atoms with Crippen LogP contribution in [0.25, 0.3) is 6.08 Å². The highest BCUT2D eigenvalue weighted by atomic mass is 32.1. The monoisotopic (exact) mass is 269 g/mol. The predicted molar refractivity (Wildman–Crippen MR) is 83.9 cm³/mol. The van der Waals surface area contributed by atoms with Gasteiger partial charge in [0.1, 0.15) is 10.8 Å². The summed E-state index contributed by atoms with van der Waals surface area (Å²) in [5.41, 5.74) is 10.2. The van der Waals surface area contributed by atoms with E-state index in [4.69, 9.17) is 5.73 Å². The molecule has 3 nitrogen and oxygen atoms in total. The molecule has 1 aliphatic rings. The highest BCUT2D eigenvalue weighted by molar-refractivity contribution is 7.16. The second-order valence-electron chi connectivity index (χ2n) is 4.42. The molecule has 0 amide bonds. The van der Waals surface area contributed by atoms with Crippen molar-refractivity contribution in [3.63, 3.8) is 0 Å². The van der Waals surface area contributed by atoms with Crippen LogP contribution in [0.3, 0.4) is 0 Å². The van der Waals surface area contributed by atoms with Crippen LogP contribution in [0.4, 0.5) is 16.4 Å². The van der Waals surface area contributed by atoms with E-state index in [0.717, 1.165) is 27.5 Å².